The number of ether oxygens (including phenoxy) is 2. The molecule has 4 aromatic heterocycles. The predicted octanol–water partition coefficient (Wildman–Crippen LogP) is -2.15. The van der Waals surface area contributed by atoms with Crippen LogP contribution in [0.15, 0.2) is 25.3 Å². The summed E-state index contributed by atoms with van der Waals surface area (Å²) in [5.41, 5.74) is 11.8. The highest BCUT2D eigenvalue weighted by Gasteiger charge is 2.49. The number of hydrogen-bond acceptors (Lipinski definition) is 25. The molecule has 0 saturated carbocycles. The molecule has 4 unspecified atom stereocenters. The van der Waals surface area contributed by atoms with E-state index in [1.54, 1.807) is 0 Å². The number of aromatic nitrogens is 8. The predicted molar refractivity (Wildman–Crippen MR) is 180 cm³/mol. The van der Waals surface area contributed by atoms with Crippen molar-refractivity contribution in [2.45, 2.75) is 49.1 Å². The van der Waals surface area contributed by atoms with Gasteiger partial charge in [-0.3, -0.25) is 13.7 Å². The van der Waals surface area contributed by atoms with Crippen LogP contribution in [0.4, 0.5) is 11.6 Å². The number of aliphatic hydroxyl groups excluding tert-OH is 4. The van der Waals surface area contributed by atoms with E-state index in [0.717, 1.165) is 34.4 Å². The minimum absolute atomic E-state index is 0.0220. The number of imidazole rings is 2. The number of rotatable bonds is 16. The van der Waals surface area contributed by atoms with Gasteiger partial charge in [0.15, 0.2) is 35.4 Å². The van der Waals surface area contributed by atoms with E-state index < -0.39 is 101 Å². The molecule has 57 heavy (non-hydrogen) atoms. The Bertz CT molecular complexity index is 2230. The molecule has 2 aliphatic heterocycles. The quantitative estimate of drug-likeness (QED) is 0.0423. The van der Waals surface area contributed by atoms with Gasteiger partial charge in [-0.25, -0.2) is 52.5 Å². The molecule has 12 N–H and O–H groups in total. The van der Waals surface area contributed by atoms with Gasteiger partial charge in [-0.1, -0.05) is 0 Å². The maximum absolute atomic E-state index is 12.6. The summed E-state index contributed by atoms with van der Waals surface area (Å²) >= 11 is 0. The summed E-state index contributed by atoms with van der Waals surface area (Å²) in [6.45, 7) is -2.20. The van der Waals surface area contributed by atoms with Crippen molar-refractivity contribution in [3.05, 3.63) is 25.3 Å². The molecule has 0 aliphatic carbocycles. The Morgan fingerprint density at radius 3 is 1.42 bits per heavy atom. The van der Waals surface area contributed by atoms with Crippen molar-refractivity contribution < 1.29 is 98.6 Å². The lowest BCUT2D eigenvalue weighted by Gasteiger charge is -2.29. The standard InChI is InChI=1S/C20H28BN10O21P5/c21-53(36,45-1-7-11(32)13(34)19(47-7)30-5-28-9-15(22)24-3-26-17(9)30)49-55(39,40)51-57(43,44)52-56(41,42)50-54(37,38)46-2-8-12(33)14(35)20(48-8)31-6-29-10-16(23)25-4-27-18(10)31/h3-8,11-14,19-20,32-35H,1-2H2,(H,37,38)(H,39,40)(H,41,42)(H,43,44)(H2,22,24,26)(H2,23,25,27)/q-1/t7-,8+,11-,12+,13-,14+,19-,20+,53+/m0/s1. The van der Waals surface area contributed by atoms with Gasteiger partial charge in [-0.15, -0.1) is 0 Å². The van der Waals surface area contributed by atoms with Crippen LogP contribution in [0.25, 0.3) is 22.3 Å². The van der Waals surface area contributed by atoms with Crippen LogP contribution in [-0.2, 0) is 58.6 Å². The highest BCUT2D eigenvalue weighted by molar-refractivity contribution is 7.84. The Kier molecular flexibility index (Phi) is 12.3. The fourth-order valence-corrected chi connectivity index (χ4v) is 11.8. The molecule has 2 fully saturated rings. The zero-order valence-electron chi connectivity index (χ0n) is 27.8. The Morgan fingerprint density at radius 2 is 0.982 bits per heavy atom. The molecule has 2 saturated heterocycles. The summed E-state index contributed by atoms with van der Waals surface area (Å²) in [7, 11) is -24.9. The second-order valence-corrected chi connectivity index (χ2v) is 19.5. The molecule has 0 amide bonds. The Hall–Kier alpha value is -2.73. The van der Waals surface area contributed by atoms with Crippen molar-refractivity contribution in [1.29, 1.82) is 0 Å². The number of hydrogen-bond donors (Lipinski definition) is 10. The summed E-state index contributed by atoms with van der Waals surface area (Å²) < 4.78 is 100.0. The van der Waals surface area contributed by atoms with Crippen LogP contribution >= 0.6 is 38.8 Å². The second kappa shape index (κ2) is 16.0. The molecule has 0 aromatic carbocycles. The minimum Gasteiger partial charge on any atom is -0.443 e. The maximum atomic E-state index is 12.6. The first-order valence-corrected chi connectivity index (χ1v) is 22.7. The third-order valence-corrected chi connectivity index (χ3v) is 15.3. The van der Waals surface area contributed by atoms with Crippen LogP contribution in [0.3, 0.4) is 0 Å². The van der Waals surface area contributed by atoms with E-state index >= 15 is 0 Å². The third kappa shape index (κ3) is 9.85. The third-order valence-electron chi connectivity index (χ3n) is 7.65. The molecule has 313 valence electrons. The average Bonchev–Trinajstić information content (AvgIpc) is 3.83. The molecular weight excluding hydrogens is 882 g/mol. The molecule has 4 aromatic rings. The van der Waals surface area contributed by atoms with Gasteiger partial charge < -0.3 is 77.6 Å². The van der Waals surface area contributed by atoms with Crippen LogP contribution in [-0.4, -0.2) is 136 Å². The number of nitrogens with zero attached hydrogens (tertiary/aromatic N) is 8. The van der Waals surface area contributed by atoms with Crippen LogP contribution in [0, 0.1) is 0 Å². The number of nitrogen functional groups attached to an aromatic ring is 2. The zero-order valence-corrected chi connectivity index (χ0v) is 32.2. The number of phosphoric ester groups is 1. The molecule has 3 radical (unpaired) electrons. The van der Waals surface area contributed by atoms with Gasteiger partial charge in [-0.05, 0) is 0 Å². The SMILES string of the molecule is [B-][P@@](=O)(OC[C@@H]1O[C@H](n2cnc3c(N)ncnc32)[C@@H](O)[C@H]1O)OP(=O)(O)OP(=O)(O)OP(=O)(O)OP(=O)(O)OC[C@H]1O[C@@H](n2cnc3c(N)ncnc32)[C@H](O)[C@@H]1O. The van der Waals surface area contributed by atoms with Crippen molar-refractivity contribution in [2.24, 2.45) is 0 Å². The first-order chi connectivity index (χ1) is 26.4. The summed E-state index contributed by atoms with van der Waals surface area (Å²) in [5.74, 6) is -0.0549. The normalized spacial score (nSPS) is 30.8. The van der Waals surface area contributed by atoms with Crippen LogP contribution in [0.5, 0.6) is 0 Å². The van der Waals surface area contributed by atoms with Crippen molar-refractivity contribution in [1.82, 2.24) is 39.0 Å². The first-order valence-electron chi connectivity index (χ1n) is 15.1. The van der Waals surface area contributed by atoms with Gasteiger partial charge in [0.05, 0.1) is 33.3 Å². The summed E-state index contributed by atoms with van der Waals surface area (Å²) in [6, 6.07) is 0. The number of aliphatic hydroxyl groups is 4. The summed E-state index contributed by atoms with van der Waals surface area (Å²) in [4.78, 5) is 62.9. The molecule has 6 heterocycles. The largest absolute Gasteiger partial charge is 0.490 e. The van der Waals surface area contributed by atoms with E-state index in [9.17, 15) is 62.8 Å². The van der Waals surface area contributed by atoms with Crippen LogP contribution < -0.4 is 11.5 Å². The molecule has 0 spiro atoms. The molecule has 13 atom stereocenters. The average molecular weight is 910 g/mol. The minimum atomic E-state index is -6.39. The number of fused-ring (bicyclic) bond motifs is 2. The molecule has 6 rings (SSSR count). The van der Waals surface area contributed by atoms with Gasteiger partial charge in [0.25, 0.3) is 0 Å². The van der Waals surface area contributed by atoms with E-state index in [1.807, 2.05) is 0 Å². The summed E-state index contributed by atoms with van der Waals surface area (Å²) in [6.07, 6.45) is -8.73. The lowest BCUT2D eigenvalue weighted by atomic mass is 10.1. The van der Waals surface area contributed by atoms with Crippen molar-refractivity contribution in [3.63, 3.8) is 0 Å². The molecule has 2 aliphatic rings. The van der Waals surface area contributed by atoms with Crippen LogP contribution in [0.1, 0.15) is 12.5 Å². The van der Waals surface area contributed by atoms with Crippen molar-refractivity contribution in [2.75, 3.05) is 24.7 Å². The molecule has 31 nitrogen and oxygen atoms in total. The maximum Gasteiger partial charge on any atom is 0.490 e. The second-order valence-electron chi connectivity index (χ2n) is 11.6. The molecule has 37 heteroatoms. The zero-order chi connectivity index (χ0) is 41.9. The van der Waals surface area contributed by atoms with Crippen molar-refractivity contribution in [3.8, 4) is 0 Å². The Balaban J connectivity index is 1.00. The number of phosphoric acid groups is 4. The fourth-order valence-electron chi connectivity index (χ4n) is 5.28. The van der Waals surface area contributed by atoms with E-state index in [0.29, 0.717) is 0 Å². The molecular formula is C20H28BN10O21P5-. The molecule has 0 bridgehead atoms. The van der Waals surface area contributed by atoms with Gasteiger partial charge >= 0.3 is 31.3 Å². The van der Waals surface area contributed by atoms with Gasteiger partial charge in [-0.2, -0.15) is 12.9 Å². The van der Waals surface area contributed by atoms with Crippen molar-refractivity contribution >= 4 is 80.3 Å². The van der Waals surface area contributed by atoms with E-state index in [2.05, 4.69) is 51.7 Å². The Labute approximate surface area is 316 Å². The van der Waals surface area contributed by atoms with E-state index in [-0.39, 0.29) is 34.0 Å². The van der Waals surface area contributed by atoms with Gasteiger partial charge in [0, 0.05) is 0 Å². The van der Waals surface area contributed by atoms with Crippen LogP contribution in [0.2, 0.25) is 0 Å². The highest BCUT2D eigenvalue weighted by atomic mass is 31.3. The summed E-state index contributed by atoms with van der Waals surface area (Å²) in [5, 5.41) is 41.9. The van der Waals surface area contributed by atoms with Gasteiger partial charge in [0.1, 0.15) is 60.3 Å². The monoisotopic (exact) mass is 910 g/mol. The highest BCUT2D eigenvalue weighted by Crippen LogP contribution is 2.73. The Morgan fingerprint density at radius 1 is 0.596 bits per heavy atom. The first kappa shape index (κ1) is 43.8. The lowest BCUT2D eigenvalue weighted by molar-refractivity contribution is -0.0503. The van der Waals surface area contributed by atoms with E-state index in [4.69, 9.17) is 33.0 Å². The van der Waals surface area contributed by atoms with Gasteiger partial charge in [0.2, 0.25) is 0 Å². The topological polar surface area (TPSA) is 460 Å². The fraction of sp³-hybridized carbons (Fsp3) is 0.500. The number of nitrogens with two attached hydrogens (primary N) is 2. The smallest absolute Gasteiger partial charge is 0.443 e. The number of anilines is 2. The van der Waals surface area contributed by atoms with E-state index in [1.165, 1.54) is 0 Å². The lowest BCUT2D eigenvalue weighted by Crippen LogP contribution is -2.33.